The summed E-state index contributed by atoms with van der Waals surface area (Å²) in [6.45, 7) is 6.44. The van der Waals surface area contributed by atoms with E-state index in [0.717, 1.165) is 22.5 Å². The summed E-state index contributed by atoms with van der Waals surface area (Å²) in [4.78, 5) is 28.7. The number of carbonyl (C=O) groups excluding carboxylic acids is 2. The second-order valence-corrected chi connectivity index (χ2v) is 11.1. The number of nitrogens with zero attached hydrogens (tertiary/aromatic N) is 1. The van der Waals surface area contributed by atoms with Gasteiger partial charge in [0.15, 0.2) is 0 Å². The number of hydrogen-bond donors (Lipinski definition) is 2. The van der Waals surface area contributed by atoms with E-state index in [1.54, 1.807) is 27.7 Å². The Labute approximate surface area is 218 Å². The van der Waals surface area contributed by atoms with Gasteiger partial charge in [-0.2, -0.15) is 13.2 Å². The lowest BCUT2D eigenvalue weighted by Crippen LogP contribution is -2.45. The number of hydrogen-bond acceptors (Lipinski definition) is 7. The first-order valence-corrected chi connectivity index (χ1v) is 13.0. The summed E-state index contributed by atoms with van der Waals surface area (Å²) >= 11 is 0. The Kier molecular flexibility index (Phi) is 8.46. The zero-order chi connectivity index (χ0) is 28.3. The molecule has 14 heteroatoms. The molecule has 1 unspecified atom stereocenters. The maximum Gasteiger partial charge on any atom is 0.416 e. The van der Waals surface area contributed by atoms with Gasteiger partial charge >= 0.3 is 12.3 Å². The van der Waals surface area contributed by atoms with E-state index in [2.05, 4.69) is 10.8 Å². The molecule has 3 rings (SSSR count). The number of amides is 2. The van der Waals surface area contributed by atoms with Crippen LogP contribution in [0.2, 0.25) is 0 Å². The molecule has 0 fully saturated rings. The smallest absolute Gasteiger partial charge is 0.416 e. The minimum absolute atomic E-state index is 0.0377. The van der Waals surface area contributed by atoms with Gasteiger partial charge in [0.1, 0.15) is 17.5 Å². The highest BCUT2D eigenvalue weighted by Gasteiger charge is 2.38. The van der Waals surface area contributed by atoms with Crippen molar-refractivity contribution in [3.05, 3.63) is 48.0 Å². The average Bonchev–Trinajstić information content (AvgIpc) is 2.80. The monoisotopic (exact) mass is 559 g/mol. The lowest BCUT2D eigenvalue weighted by atomic mass is 10.1. The lowest BCUT2D eigenvalue weighted by Gasteiger charge is -2.35. The topological polar surface area (TPSA) is 123 Å². The van der Waals surface area contributed by atoms with Crippen molar-refractivity contribution < 1.29 is 45.5 Å². The molecule has 2 aromatic rings. The number of hydroxylamine groups is 1. The molecule has 0 radical (unpaired) electrons. The van der Waals surface area contributed by atoms with Gasteiger partial charge in [-0.25, -0.2) is 18.7 Å². The van der Waals surface area contributed by atoms with Gasteiger partial charge in [-0.1, -0.05) is 6.07 Å². The molecule has 1 aliphatic heterocycles. The summed E-state index contributed by atoms with van der Waals surface area (Å²) in [5.41, 5.74) is 0.361. The predicted molar refractivity (Wildman–Crippen MR) is 131 cm³/mol. The molecule has 0 aromatic heterocycles. The minimum Gasteiger partial charge on any atom is -0.486 e. The van der Waals surface area contributed by atoms with Crippen molar-refractivity contribution in [1.82, 2.24) is 5.48 Å². The fourth-order valence-corrected chi connectivity index (χ4v) is 5.05. The van der Waals surface area contributed by atoms with E-state index in [1.807, 2.05) is 0 Å². The quantitative estimate of drug-likeness (QED) is 0.480. The van der Waals surface area contributed by atoms with Crippen molar-refractivity contribution in [2.24, 2.45) is 0 Å². The lowest BCUT2D eigenvalue weighted by molar-refractivity contribution is -0.137. The largest absolute Gasteiger partial charge is 0.486 e. The van der Waals surface area contributed by atoms with E-state index in [4.69, 9.17) is 14.3 Å². The van der Waals surface area contributed by atoms with Crippen molar-refractivity contribution >= 4 is 33.4 Å². The van der Waals surface area contributed by atoms with Gasteiger partial charge in [0.05, 0.1) is 35.7 Å². The van der Waals surface area contributed by atoms with Gasteiger partial charge < -0.3 is 9.47 Å². The summed E-state index contributed by atoms with van der Waals surface area (Å²) in [7, 11) is -4.57. The van der Waals surface area contributed by atoms with Crippen molar-refractivity contribution in [2.45, 2.75) is 56.9 Å². The summed E-state index contributed by atoms with van der Waals surface area (Å²) in [5.74, 6) is -0.546. The maximum absolute atomic E-state index is 13.6. The molecule has 2 N–H and O–H groups in total. The molecule has 1 aliphatic rings. The zero-order valence-corrected chi connectivity index (χ0v) is 21.9. The number of benzene rings is 2. The van der Waals surface area contributed by atoms with Gasteiger partial charge in [0.25, 0.3) is 10.0 Å². The van der Waals surface area contributed by atoms with Gasteiger partial charge in [-0.3, -0.25) is 19.3 Å². The summed E-state index contributed by atoms with van der Waals surface area (Å²) in [5, 5.41) is 2.49. The molecule has 208 valence electrons. The minimum atomic E-state index is -4.77. The van der Waals surface area contributed by atoms with Crippen molar-refractivity contribution in [2.75, 3.05) is 22.8 Å². The first-order chi connectivity index (χ1) is 17.6. The summed E-state index contributed by atoms with van der Waals surface area (Å²) in [6.07, 6.45) is -6.86. The Hall–Kier alpha value is -3.52. The molecule has 2 aromatic carbocycles. The molecule has 0 aliphatic carbocycles. The van der Waals surface area contributed by atoms with E-state index in [9.17, 15) is 31.2 Å². The van der Waals surface area contributed by atoms with Crippen LogP contribution < -0.4 is 19.8 Å². The highest BCUT2D eigenvalue weighted by molar-refractivity contribution is 7.92. The SMILES string of the molecule is CCONC(=O)CC1CN(S(=O)(=O)c2cccc(C(F)(F)F)c2)c2cc(NC(=O)OC(C)(C)C)ccc2O1. The molecule has 10 nitrogen and oxygen atoms in total. The van der Waals surface area contributed by atoms with E-state index >= 15 is 0 Å². The molecular formula is C24H28F3N3O7S. The molecule has 0 bridgehead atoms. The Morgan fingerprint density at radius 2 is 1.84 bits per heavy atom. The van der Waals surface area contributed by atoms with Crippen molar-refractivity contribution in [3.8, 4) is 5.75 Å². The molecule has 1 atom stereocenters. The second-order valence-electron chi connectivity index (χ2n) is 9.27. The fourth-order valence-electron chi connectivity index (χ4n) is 3.51. The first kappa shape index (κ1) is 29.0. The van der Waals surface area contributed by atoms with E-state index in [0.29, 0.717) is 6.07 Å². The number of anilines is 2. The van der Waals surface area contributed by atoms with Crippen LogP contribution in [0.3, 0.4) is 0 Å². The van der Waals surface area contributed by atoms with Gasteiger partial charge in [0.2, 0.25) is 5.91 Å². The van der Waals surface area contributed by atoms with Crippen LogP contribution in [0.15, 0.2) is 47.4 Å². The average molecular weight is 560 g/mol. The Morgan fingerprint density at radius 1 is 1.13 bits per heavy atom. The van der Waals surface area contributed by atoms with Crippen LogP contribution in [0, 0.1) is 0 Å². The molecule has 38 heavy (non-hydrogen) atoms. The number of halogens is 3. The summed E-state index contributed by atoms with van der Waals surface area (Å²) < 4.78 is 79.0. The van der Waals surface area contributed by atoms with E-state index in [-0.39, 0.29) is 30.2 Å². The molecule has 2 amide bonds. The Balaban J connectivity index is 2.01. The normalized spacial score (nSPS) is 15.8. The highest BCUT2D eigenvalue weighted by Crippen LogP contribution is 2.40. The van der Waals surface area contributed by atoms with Crippen LogP contribution in [0.4, 0.5) is 29.3 Å². The van der Waals surface area contributed by atoms with Gasteiger partial charge in [0, 0.05) is 5.69 Å². The molecular weight excluding hydrogens is 531 g/mol. The fraction of sp³-hybridized carbons (Fsp3) is 0.417. The van der Waals surface area contributed by atoms with Crippen LogP contribution >= 0.6 is 0 Å². The highest BCUT2D eigenvalue weighted by atomic mass is 32.2. The number of alkyl halides is 3. The van der Waals surface area contributed by atoms with Crippen LogP contribution in [0.25, 0.3) is 0 Å². The number of rotatable bonds is 7. The van der Waals surface area contributed by atoms with Crippen LogP contribution in [0.1, 0.15) is 39.7 Å². The third-order valence-corrected chi connectivity index (χ3v) is 6.80. The Morgan fingerprint density at radius 3 is 2.47 bits per heavy atom. The molecule has 0 saturated heterocycles. The Bertz CT molecular complexity index is 1290. The maximum atomic E-state index is 13.6. The zero-order valence-electron chi connectivity index (χ0n) is 21.1. The van der Waals surface area contributed by atoms with Crippen LogP contribution in [0.5, 0.6) is 5.75 Å². The predicted octanol–water partition coefficient (Wildman–Crippen LogP) is 4.47. The van der Waals surface area contributed by atoms with E-state index < -0.39 is 56.9 Å². The van der Waals surface area contributed by atoms with Crippen LogP contribution in [-0.2, 0) is 30.6 Å². The number of carbonyl (C=O) groups is 2. The van der Waals surface area contributed by atoms with Gasteiger partial charge in [-0.05, 0) is 64.1 Å². The van der Waals surface area contributed by atoms with Crippen molar-refractivity contribution in [1.29, 1.82) is 0 Å². The third-order valence-electron chi connectivity index (χ3n) is 5.03. The number of nitrogens with one attached hydrogen (secondary N) is 2. The number of sulfonamides is 1. The number of fused-ring (bicyclic) bond motifs is 1. The standard InChI is InChI=1S/C24H28F3N3O7S/c1-5-35-29-21(31)13-17-14-30(38(33,34)18-8-6-7-15(11-18)24(25,26)27)19-12-16(9-10-20(19)36-17)28-22(32)37-23(2,3)4/h6-12,17H,5,13-14H2,1-4H3,(H,28,32)(H,29,31). The first-order valence-electron chi connectivity index (χ1n) is 11.5. The second kappa shape index (κ2) is 11.1. The molecule has 1 heterocycles. The third kappa shape index (κ3) is 7.28. The molecule has 0 saturated carbocycles. The van der Waals surface area contributed by atoms with Gasteiger partial charge in [-0.15, -0.1) is 0 Å². The van der Waals surface area contributed by atoms with E-state index in [1.165, 1.54) is 18.2 Å². The van der Waals surface area contributed by atoms with Crippen molar-refractivity contribution in [3.63, 3.8) is 0 Å². The number of ether oxygens (including phenoxy) is 2. The van der Waals surface area contributed by atoms with Crippen LogP contribution in [-0.4, -0.2) is 45.3 Å². The molecule has 0 spiro atoms. The summed E-state index contributed by atoms with van der Waals surface area (Å²) in [6, 6.07) is 7.43.